The maximum Gasteiger partial charge on any atom is 0.326 e. The summed E-state index contributed by atoms with van der Waals surface area (Å²) in [5.41, 5.74) is 11.8. The van der Waals surface area contributed by atoms with Gasteiger partial charge in [-0.1, -0.05) is 26.0 Å². The van der Waals surface area contributed by atoms with Gasteiger partial charge in [0.2, 0.25) is 23.6 Å². The van der Waals surface area contributed by atoms with E-state index in [9.17, 15) is 34.2 Å². The fraction of sp³-hybridized carbons (Fsp3) is 0.542. The largest absolute Gasteiger partial charge is 0.508 e. The number of nitrogens with two attached hydrogens (primary N) is 2. The molecule has 4 amide bonds. The normalized spacial score (nSPS) is 17.8. The Labute approximate surface area is 209 Å². The number of nitrogens with zero attached hydrogens (tertiary/aromatic N) is 1. The van der Waals surface area contributed by atoms with Crippen LogP contribution < -0.4 is 22.1 Å². The lowest BCUT2D eigenvalue weighted by atomic mass is 10.0. The van der Waals surface area contributed by atoms with Gasteiger partial charge in [0.15, 0.2) is 0 Å². The number of benzene rings is 1. The average molecular weight is 506 g/mol. The van der Waals surface area contributed by atoms with Crippen LogP contribution in [0.25, 0.3) is 0 Å². The van der Waals surface area contributed by atoms with E-state index in [1.807, 2.05) is 13.8 Å². The van der Waals surface area contributed by atoms with Crippen LogP contribution in [-0.4, -0.2) is 75.4 Å². The lowest BCUT2D eigenvalue weighted by Crippen LogP contribution is -2.57. The van der Waals surface area contributed by atoms with Gasteiger partial charge in [-0.05, 0) is 42.9 Å². The summed E-state index contributed by atoms with van der Waals surface area (Å²) in [6.45, 7) is 4.20. The second-order valence-electron chi connectivity index (χ2n) is 9.43. The molecule has 8 N–H and O–H groups in total. The van der Waals surface area contributed by atoms with Crippen molar-refractivity contribution in [3.8, 4) is 5.75 Å². The standard InChI is InChI=1S/C24H35N5O7/c1-13(2)10-16(25)23(34)29-9-3-4-19(29)22(33)27-17(12-20(26)31)21(32)28-18(24(35)36)11-14-5-7-15(30)8-6-14/h5-8,13,16-19,30H,3-4,9-12,25H2,1-2H3,(H2,26,31)(H,27,33)(H,28,32)(H,35,36). The topological polar surface area (TPSA) is 205 Å². The van der Waals surface area contributed by atoms with Crippen molar-refractivity contribution >= 4 is 29.6 Å². The van der Waals surface area contributed by atoms with Crippen molar-refractivity contribution in [3.63, 3.8) is 0 Å². The van der Waals surface area contributed by atoms with Crippen molar-refractivity contribution in [2.24, 2.45) is 17.4 Å². The van der Waals surface area contributed by atoms with Crippen LogP contribution in [0.15, 0.2) is 24.3 Å². The number of amides is 4. The molecule has 4 atom stereocenters. The van der Waals surface area contributed by atoms with Gasteiger partial charge in [-0.3, -0.25) is 19.2 Å². The van der Waals surface area contributed by atoms with Crippen LogP contribution in [-0.2, 0) is 30.4 Å². The second-order valence-corrected chi connectivity index (χ2v) is 9.43. The molecule has 0 aliphatic carbocycles. The number of likely N-dealkylation sites (tertiary alicyclic amines) is 1. The molecule has 1 saturated heterocycles. The maximum atomic E-state index is 13.0. The van der Waals surface area contributed by atoms with E-state index in [1.165, 1.54) is 29.2 Å². The fourth-order valence-corrected chi connectivity index (χ4v) is 4.14. The summed E-state index contributed by atoms with van der Waals surface area (Å²) in [5.74, 6) is -3.93. The Morgan fingerprint density at radius 1 is 1.08 bits per heavy atom. The Bertz CT molecular complexity index is 966. The molecule has 1 aliphatic heterocycles. The number of hydrogen-bond donors (Lipinski definition) is 6. The van der Waals surface area contributed by atoms with E-state index in [1.54, 1.807) is 0 Å². The van der Waals surface area contributed by atoms with E-state index in [4.69, 9.17) is 11.5 Å². The second kappa shape index (κ2) is 12.9. The van der Waals surface area contributed by atoms with Crippen LogP contribution in [0.1, 0.15) is 45.1 Å². The van der Waals surface area contributed by atoms with Crippen molar-refractivity contribution in [3.05, 3.63) is 29.8 Å². The van der Waals surface area contributed by atoms with Crippen LogP contribution in [0.2, 0.25) is 0 Å². The summed E-state index contributed by atoms with van der Waals surface area (Å²) < 4.78 is 0. The number of hydrogen-bond acceptors (Lipinski definition) is 7. The Morgan fingerprint density at radius 3 is 2.28 bits per heavy atom. The summed E-state index contributed by atoms with van der Waals surface area (Å²) in [4.78, 5) is 63.4. The third kappa shape index (κ3) is 8.22. The molecule has 198 valence electrons. The molecule has 0 aromatic heterocycles. The predicted octanol–water partition coefficient (Wildman–Crippen LogP) is -0.771. The number of phenols is 1. The first-order chi connectivity index (χ1) is 16.9. The molecule has 36 heavy (non-hydrogen) atoms. The molecule has 12 heteroatoms. The highest BCUT2D eigenvalue weighted by molar-refractivity contribution is 5.96. The maximum absolute atomic E-state index is 13.0. The summed E-state index contributed by atoms with van der Waals surface area (Å²) in [6.07, 6.45) is 0.718. The number of carbonyl (C=O) groups excluding carboxylic acids is 4. The number of aliphatic carboxylic acids is 1. The lowest BCUT2D eigenvalue weighted by Gasteiger charge is -2.29. The molecule has 0 spiro atoms. The molecule has 12 nitrogen and oxygen atoms in total. The number of phenolic OH excluding ortho intramolecular Hbond substituents is 1. The minimum absolute atomic E-state index is 0.00324. The molecule has 4 unspecified atom stereocenters. The Balaban J connectivity index is 2.11. The third-order valence-corrected chi connectivity index (χ3v) is 5.91. The summed E-state index contributed by atoms with van der Waals surface area (Å²) in [6, 6.07) is 1.35. The van der Waals surface area contributed by atoms with Crippen LogP contribution in [0.3, 0.4) is 0 Å². The molecular weight excluding hydrogens is 470 g/mol. The summed E-state index contributed by atoms with van der Waals surface area (Å²) in [5, 5.41) is 23.8. The van der Waals surface area contributed by atoms with Crippen molar-refractivity contribution < 1.29 is 34.2 Å². The molecule has 1 aliphatic rings. The quantitative estimate of drug-likeness (QED) is 0.212. The molecule has 1 fully saturated rings. The van der Waals surface area contributed by atoms with Crippen LogP contribution in [0.5, 0.6) is 5.75 Å². The van der Waals surface area contributed by atoms with Gasteiger partial charge >= 0.3 is 5.97 Å². The highest BCUT2D eigenvalue weighted by Crippen LogP contribution is 2.20. The minimum Gasteiger partial charge on any atom is -0.508 e. The summed E-state index contributed by atoms with van der Waals surface area (Å²) >= 11 is 0. The van der Waals surface area contributed by atoms with E-state index in [2.05, 4.69) is 10.6 Å². The van der Waals surface area contributed by atoms with Gasteiger partial charge in [-0.2, -0.15) is 0 Å². The van der Waals surface area contributed by atoms with Crippen molar-refractivity contribution in [1.29, 1.82) is 0 Å². The van der Waals surface area contributed by atoms with E-state index < -0.39 is 54.3 Å². The Kier molecular flexibility index (Phi) is 10.2. The molecular formula is C24H35N5O7. The summed E-state index contributed by atoms with van der Waals surface area (Å²) in [7, 11) is 0. The van der Waals surface area contributed by atoms with Gasteiger partial charge in [-0.15, -0.1) is 0 Å². The van der Waals surface area contributed by atoms with Crippen LogP contribution in [0.4, 0.5) is 0 Å². The zero-order chi connectivity index (χ0) is 27.0. The van der Waals surface area contributed by atoms with E-state index >= 15 is 0 Å². The first-order valence-electron chi connectivity index (χ1n) is 11.8. The Hall–Kier alpha value is -3.67. The van der Waals surface area contributed by atoms with E-state index in [0.717, 1.165) is 0 Å². The van der Waals surface area contributed by atoms with E-state index in [-0.39, 0.29) is 24.0 Å². The average Bonchev–Trinajstić information content (AvgIpc) is 3.28. The van der Waals surface area contributed by atoms with Crippen LogP contribution in [0, 0.1) is 5.92 Å². The highest BCUT2D eigenvalue weighted by Gasteiger charge is 2.38. The van der Waals surface area contributed by atoms with Crippen molar-refractivity contribution in [2.45, 2.75) is 70.1 Å². The molecule has 0 radical (unpaired) electrons. The van der Waals surface area contributed by atoms with Gasteiger partial charge in [-0.25, -0.2) is 4.79 Å². The third-order valence-electron chi connectivity index (χ3n) is 5.91. The fourth-order valence-electron chi connectivity index (χ4n) is 4.14. The lowest BCUT2D eigenvalue weighted by molar-refractivity contribution is -0.143. The van der Waals surface area contributed by atoms with Crippen molar-refractivity contribution in [2.75, 3.05) is 6.54 Å². The van der Waals surface area contributed by atoms with Gasteiger partial charge in [0.25, 0.3) is 0 Å². The molecule has 0 bridgehead atoms. The highest BCUT2D eigenvalue weighted by atomic mass is 16.4. The van der Waals surface area contributed by atoms with Gasteiger partial charge in [0.1, 0.15) is 23.9 Å². The minimum atomic E-state index is -1.43. The zero-order valence-corrected chi connectivity index (χ0v) is 20.5. The molecule has 1 aromatic carbocycles. The molecule has 2 rings (SSSR count). The molecule has 0 saturated carbocycles. The predicted molar refractivity (Wildman–Crippen MR) is 129 cm³/mol. The number of nitrogens with one attached hydrogen (secondary N) is 2. The zero-order valence-electron chi connectivity index (χ0n) is 20.5. The number of primary amides is 1. The first kappa shape index (κ1) is 28.6. The number of carboxylic acids is 1. The Morgan fingerprint density at radius 2 is 1.72 bits per heavy atom. The SMILES string of the molecule is CC(C)CC(N)C(=O)N1CCCC1C(=O)NC(CC(N)=O)C(=O)NC(Cc1ccc(O)cc1)C(=O)O. The number of carboxylic acid groups (broad SMARTS) is 1. The first-order valence-corrected chi connectivity index (χ1v) is 11.8. The van der Waals surface area contributed by atoms with Gasteiger partial charge in [0.05, 0.1) is 12.5 Å². The van der Waals surface area contributed by atoms with Gasteiger partial charge in [0, 0.05) is 13.0 Å². The van der Waals surface area contributed by atoms with Crippen molar-refractivity contribution in [1.82, 2.24) is 15.5 Å². The number of carbonyl (C=O) groups is 5. The number of aromatic hydroxyl groups is 1. The monoisotopic (exact) mass is 505 g/mol. The van der Waals surface area contributed by atoms with Gasteiger partial charge < -0.3 is 37.2 Å². The number of rotatable bonds is 12. The smallest absolute Gasteiger partial charge is 0.326 e. The van der Waals surface area contributed by atoms with Crippen LogP contribution >= 0.6 is 0 Å². The molecule has 1 aromatic rings. The van der Waals surface area contributed by atoms with E-state index in [0.29, 0.717) is 31.4 Å². The molecule has 1 heterocycles.